The maximum Gasteiger partial charge on any atom is 0.246 e. The third-order valence-corrected chi connectivity index (χ3v) is 15.3. The molecule has 0 spiro atoms. The van der Waals surface area contributed by atoms with Crippen LogP contribution in [0.5, 0.6) is 5.75 Å². The van der Waals surface area contributed by atoms with E-state index in [1.54, 1.807) is 23.5 Å². The van der Waals surface area contributed by atoms with Crippen molar-refractivity contribution in [1.29, 1.82) is 0 Å². The number of benzene rings is 2. The predicted octanol–water partition coefficient (Wildman–Crippen LogP) is 6.15. The topological polar surface area (TPSA) is 216 Å². The number of phenols is 1. The Labute approximate surface area is 395 Å². The summed E-state index contributed by atoms with van der Waals surface area (Å²) in [5, 5.41) is 35.9. The number of fused-ring (bicyclic) bond motifs is 2. The summed E-state index contributed by atoms with van der Waals surface area (Å²) in [7, 11) is 0. The number of β-amino-alcohol motifs (C(OH)–C–C–N with tert-alkyl or cyclic N) is 1. The molecule has 16 nitrogen and oxygen atoms in total. The molecule has 2 unspecified atom stereocenters. The Balaban J connectivity index is 0.787. The van der Waals surface area contributed by atoms with Crippen molar-refractivity contribution in [2.45, 2.75) is 122 Å². The lowest BCUT2D eigenvalue weighted by atomic mass is 9.78. The van der Waals surface area contributed by atoms with Crippen LogP contribution in [0.2, 0.25) is 0 Å². The summed E-state index contributed by atoms with van der Waals surface area (Å²) in [5.74, 6) is 0.271. The number of nitrogens with zero attached hydrogens (tertiary/aromatic N) is 8. The normalized spacial score (nSPS) is 23.8. The molecule has 9 rings (SSSR count). The van der Waals surface area contributed by atoms with Crippen molar-refractivity contribution in [1.82, 2.24) is 40.7 Å². The fourth-order valence-electron chi connectivity index (χ4n) is 10.5. The molecule has 3 aromatic heterocycles. The summed E-state index contributed by atoms with van der Waals surface area (Å²) in [6.45, 7) is 11.1. The number of piperazine rings is 1. The van der Waals surface area contributed by atoms with Gasteiger partial charge in [-0.15, -0.1) is 21.5 Å². The fourth-order valence-corrected chi connectivity index (χ4v) is 11.3. The minimum Gasteiger partial charge on any atom is -0.507 e. The number of carbonyl (C=O) groups excluding carboxylic acids is 3. The van der Waals surface area contributed by atoms with Crippen molar-refractivity contribution in [2.75, 3.05) is 35.2 Å². The summed E-state index contributed by atoms with van der Waals surface area (Å²) in [4.78, 5) is 63.4. The Morgan fingerprint density at radius 3 is 2.19 bits per heavy atom. The van der Waals surface area contributed by atoms with Gasteiger partial charge in [0, 0.05) is 62.0 Å². The van der Waals surface area contributed by atoms with E-state index in [0.29, 0.717) is 35.9 Å². The number of amides is 3. The molecule has 1 aliphatic carbocycles. The molecule has 1 saturated carbocycles. The number of aliphatic hydroxyl groups excluding tert-OH is 1. The van der Waals surface area contributed by atoms with E-state index in [1.165, 1.54) is 4.90 Å². The first-order valence-electron chi connectivity index (χ1n) is 23.5. The van der Waals surface area contributed by atoms with Crippen LogP contribution in [0.1, 0.15) is 101 Å². The molecule has 6 heterocycles. The summed E-state index contributed by atoms with van der Waals surface area (Å²) in [6, 6.07) is 15.3. The summed E-state index contributed by atoms with van der Waals surface area (Å²) in [6.07, 6.45) is 8.04. The molecular weight excluding hydrogens is 867 g/mol. The average molecular weight is 928 g/mol. The molecule has 4 aliphatic rings. The largest absolute Gasteiger partial charge is 0.507 e. The number of rotatable bonds is 11. The zero-order valence-corrected chi connectivity index (χ0v) is 39.6. The number of aromatic hydroxyl groups is 1. The number of aliphatic hydroxyl groups is 1. The van der Waals surface area contributed by atoms with Crippen molar-refractivity contribution in [2.24, 2.45) is 11.3 Å². The lowest BCUT2D eigenvalue weighted by molar-refractivity contribution is -0.144. The van der Waals surface area contributed by atoms with Gasteiger partial charge in [0.05, 0.1) is 39.6 Å². The zero-order valence-electron chi connectivity index (χ0n) is 38.8. The number of hydrogen-bond donors (Lipinski definition) is 5. The number of anilines is 3. The number of phenolic OH excluding ortho intramolecular Hbond substituents is 1. The second-order valence-electron chi connectivity index (χ2n) is 19.9. The van der Waals surface area contributed by atoms with Gasteiger partial charge in [-0.1, -0.05) is 57.2 Å². The van der Waals surface area contributed by atoms with Crippen LogP contribution in [-0.4, -0.2) is 108 Å². The molecule has 3 saturated heterocycles. The first-order valence-corrected chi connectivity index (χ1v) is 24.4. The summed E-state index contributed by atoms with van der Waals surface area (Å²) >= 11 is 1.58. The standard InChI is InChI=1S/C50H61N11O5S/c1-28(30-10-14-32(15-11-30)43-29(2)54-27-67-43)55-47(65)41-20-37(62)26-60(41)48(66)44(50(3,4)5)56-46(64)33-16-12-31(13-17-33)34-22-52-49(53-23-34)61-35-18-19-36(61)25-59(24-35)40-21-39(57-58-45(40)51)38-8-6-7-9-42(38)63/h6-11,14-15,21-23,27-28,31,33,35-37,41,44,62-63H,12-13,16-20,24-26H2,1-5H3,(H2,51,58)(H,55,65)(H,56,64)/t28-,31-,33-,35?,36?,37+,41-,44+/m0/s1. The van der Waals surface area contributed by atoms with Gasteiger partial charge in [-0.2, -0.15) is 0 Å². The van der Waals surface area contributed by atoms with Crippen LogP contribution in [0, 0.1) is 18.3 Å². The Kier molecular flexibility index (Phi) is 12.9. The van der Waals surface area contributed by atoms with Gasteiger partial charge in [0.15, 0.2) is 5.82 Å². The molecule has 5 aromatic rings. The Hall–Kier alpha value is -6.20. The molecule has 4 fully saturated rings. The van der Waals surface area contributed by atoms with Crippen LogP contribution in [0.4, 0.5) is 17.5 Å². The number of aryl methyl sites for hydroxylation is 1. The Bertz CT molecular complexity index is 2580. The number of hydrogen-bond acceptors (Lipinski definition) is 14. The van der Waals surface area contributed by atoms with Crippen molar-refractivity contribution >= 4 is 46.5 Å². The monoisotopic (exact) mass is 927 g/mol. The molecular formula is C50H61N11O5S. The first kappa shape index (κ1) is 45.9. The maximum absolute atomic E-state index is 14.4. The zero-order chi connectivity index (χ0) is 47.1. The van der Waals surface area contributed by atoms with Crippen LogP contribution in [0.15, 0.2) is 72.5 Å². The predicted molar refractivity (Wildman–Crippen MR) is 258 cm³/mol. The molecule has 2 aromatic carbocycles. The number of thiazole rings is 1. The van der Waals surface area contributed by atoms with Crippen LogP contribution in [-0.2, 0) is 14.4 Å². The van der Waals surface area contributed by atoms with E-state index in [4.69, 9.17) is 15.7 Å². The van der Waals surface area contributed by atoms with Gasteiger partial charge in [0.1, 0.15) is 17.8 Å². The van der Waals surface area contributed by atoms with Gasteiger partial charge in [0.25, 0.3) is 0 Å². The lowest BCUT2D eigenvalue weighted by Crippen LogP contribution is -2.58. The van der Waals surface area contributed by atoms with Gasteiger partial charge < -0.3 is 41.3 Å². The molecule has 17 heteroatoms. The quantitative estimate of drug-likeness (QED) is 0.101. The SMILES string of the molecule is Cc1ncsc1-c1ccc([C@H](C)NC(=O)[C@@H]2C[C@@H](O)CN2C(=O)[C@@H](NC(=O)[C@H]2CC[C@H](c3cnc(N4C5CCC4CN(c4cc(-c6ccccc6O)nnc4N)C5)nc3)CC2)C(C)(C)C)cc1. The van der Waals surface area contributed by atoms with Crippen LogP contribution >= 0.6 is 11.3 Å². The van der Waals surface area contributed by atoms with E-state index >= 15 is 0 Å². The van der Waals surface area contributed by atoms with Crippen LogP contribution < -0.4 is 26.2 Å². The average Bonchev–Trinajstić information content (AvgIpc) is 4.01. The third-order valence-electron chi connectivity index (χ3n) is 14.3. The van der Waals surface area contributed by atoms with Gasteiger partial charge in [-0.25, -0.2) is 15.0 Å². The number of para-hydroxylation sites is 1. The second kappa shape index (κ2) is 18.8. The van der Waals surface area contributed by atoms with E-state index in [1.807, 2.05) is 95.0 Å². The molecule has 3 aliphatic heterocycles. The van der Waals surface area contributed by atoms with Crippen molar-refractivity contribution in [3.63, 3.8) is 0 Å². The van der Waals surface area contributed by atoms with E-state index in [0.717, 1.165) is 71.7 Å². The highest BCUT2D eigenvalue weighted by molar-refractivity contribution is 7.13. The summed E-state index contributed by atoms with van der Waals surface area (Å²) in [5.41, 5.74) is 13.5. The lowest BCUT2D eigenvalue weighted by Gasteiger charge is -2.42. The minimum atomic E-state index is -0.892. The highest BCUT2D eigenvalue weighted by atomic mass is 32.1. The number of nitrogen functional groups attached to an aromatic ring is 1. The molecule has 6 atom stereocenters. The van der Waals surface area contributed by atoms with Crippen LogP contribution in [0.25, 0.3) is 21.7 Å². The molecule has 0 radical (unpaired) electrons. The molecule has 3 amide bonds. The first-order chi connectivity index (χ1) is 32.1. The number of carbonyl (C=O) groups is 3. The highest BCUT2D eigenvalue weighted by Gasteiger charge is 2.46. The fraction of sp³-hybridized carbons (Fsp3) is 0.480. The minimum absolute atomic E-state index is 0.0152. The van der Waals surface area contributed by atoms with E-state index < -0.39 is 23.6 Å². The number of nitrogens with one attached hydrogen (secondary N) is 2. The Morgan fingerprint density at radius 2 is 1.55 bits per heavy atom. The smallest absolute Gasteiger partial charge is 0.246 e. The highest BCUT2D eigenvalue weighted by Crippen LogP contribution is 2.40. The van der Waals surface area contributed by atoms with E-state index in [2.05, 4.69) is 35.6 Å². The van der Waals surface area contributed by atoms with Gasteiger partial charge in [-0.3, -0.25) is 14.4 Å². The van der Waals surface area contributed by atoms with Gasteiger partial charge >= 0.3 is 0 Å². The van der Waals surface area contributed by atoms with Crippen molar-refractivity contribution in [3.05, 3.63) is 89.3 Å². The van der Waals surface area contributed by atoms with E-state index in [-0.39, 0.29) is 66.4 Å². The van der Waals surface area contributed by atoms with E-state index in [9.17, 15) is 24.6 Å². The van der Waals surface area contributed by atoms with Crippen molar-refractivity contribution < 1.29 is 24.6 Å². The number of likely N-dealkylation sites (tertiary alicyclic amines) is 1. The van der Waals surface area contributed by atoms with Gasteiger partial charge in [-0.05, 0) is 98.6 Å². The number of nitrogens with two attached hydrogens (primary N) is 1. The van der Waals surface area contributed by atoms with Gasteiger partial charge in [0.2, 0.25) is 23.7 Å². The third kappa shape index (κ3) is 9.53. The molecule has 352 valence electrons. The number of aromatic nitrogens is 5. The maximum atomic E-state index is 14.4. The summed E-state index contributed by atoms with van der Waals surface area (Å²) < 4.78 is 0. The Morgan fingerprint density at radius 1 is 0.866 bits per heavy atom. The molecule has 67 heavy (non-hydrogen) atoms. The van der Waals surface area contributed by atoms with Crippen molar-refractivity contribution in [3.8, 4) is 27.4 Å². The molecule has 6 N–H and O–H groups in total. The second-order valence-corrected chi connectivity index (χ2v) is 20.8. The molecule has 2 bridgehead atoms. The van der Waals surface area contributed by atoms with Crippen LogP contribution in [0.3, 0.4) is 0 Å².